The summed E-state index contributed by atoms with van der Waals surface area (Å²) in [5.41, 5.74) is -0.420. The first-order valence-electron chi connectivity index (χ1n) is 4.35. The fourth-order valence-electron chi connectivity index (χ4n) is 1.45. The number of aryl methyl sites for hydroxylation is 1. The molecule has 0 aliphatic heterocycles. The van der Waals surface area contributed by atoms with E-state index in [1.165, 1.54) is 10.9 Å². The van der Waals surface area contributed by atoms with Gasteiger partial charge in [-0.3, -0.25) is 9.48 Å². The van der Waals surface area contributed by atoms with Crippen molar-refractivity contribution >= 4 is 17.6 Å². The zero-order chi connectivity index (χ0) is 10.9. The molecule has 1 unspecified atom stereocenters. The van der Waals surface area contributed by atoms with Crippen molar-refractivity contribution in [2.24, 2.45) is 7.05 Å². The highest BCUT2D eigenvalue weighted by molar-refractivity contribution is 6.31. The van der Waals surface area contributed by atoms with E-state index in [0.29, 0.717) is 17.1 Å². The summed E-state index contributed by atoms with van der Waals surface area (Å²) >= 11 is 5.91. The third kappa shape index (κ3) is 1.50. The maximum Gasteiger partial charge on any atom is 0.315 e. The van der Waals surface area contributed by atoms with Crippen molar-refractivity contribution in [1.82, 2.24) is 9.78 Å². The maximum atomic E-state index is 11.2. The highest BCUT2D eigenvalue weighted by atomic mass is 35.5. The molecule has 4 nitrogen and oxygen atoms in total. The quantitative estimate of drug-likeness (QED) is 0.839. The summed E-state index contributed by atoms with van der Waals surface area (Å²) in [4.78, 5) is 11.2. The molecule has 0 saturated carbocycles. The van der Waals surface area contributed by atoms with Gasteiger partial charge in [-0.05, 0) is 13.3 Å². The van der Waals surface area contributed by atoms with Gasteiger partial charge >= 0.3 is 5.97 Å². The molecule has 1 N–H and O–H groups in total. The number of carboxylic acid groups (broad SMARTS) is 1. The van der Waals surface area contributed by atoms with Crippen LogP contribution in [-0.2, 0) is 17.3 Å². The van der Waals surface area contributed by atoms with Crippen LogP contribution in [0.2, 0.25) is 5.02 Å². The second-order valence-corrected chi connectivity index (χ2v) is 3.86. The number of hydrogen-bond donors (Lipinski definition) is 1. The van der Waals surface area contributed by atoms with Crippen molar-refractivity contribution in [3.63, 3.8) is 0 Å². The van der Waals surface area contributed by atoms with E-state index in [4.69, 9.17) is 16.7 Å². The fraction of sp³-hybridized carbons (Fsp3) is 0.556. The Bertz CT molecular complexity index is 342. The van der Waals surface area contributed by atoms with E-state index in [2.05, 4.69) is 5.10 Å². The van der Waals surface area contributed by atoms with Gasteiger partial charge in [0.2, 0.25) is 0 Å². The number of hydrogen-bond acceptors (Lipinski definition) is 2. The average molecular weight is 217 g/mol. The molecule has 0 fully saturated rings. The van der Waals surface area contributed by atoms with Crippen LogP contribution in [0, 0.1) is 0 Å². The molecule has 0 amide bonds. The van der Waals surface area contributed by atoms with Crippen molar-refractivity contribution in [2.75, 3.05) is 0 Å². The van der Waals surface area contributed by atoms with Gasteiger partial charge in [0.25, 0.3) is 0 Å². The van der Waals surface area contributed by atoms with E-state index in [1.54, 1.807) is 14.0 Å². The molecule has 1 aromatic heterocycles. The van der Waals surface area contributed by atoms with Crippen LogP contribution >= 0.6 is 11.6 Å². The molecule has 0 aliphatic rings. The molecule has 78 valence electrons. The van der Waals surface area contributed by atoms with Gasteiger partial charge in [-0.1, -0.05) is 18.5 Å². The van der Waals surface area contributed by atoms with Gasteiger partial charge in [-0.2, -0.15) is 5.10 Å². The molecule has 0 spiro atoms. The van der Waals surface area contributed by atoms with Crippen LogP contribution in [-0.4, -0.2) is 20.9 Å². The van der Waals surface area contributed by atoms with Crippen LogP contribution in [0.5, 0.6) is 0 Å². The number of nitrogens with zero attached hydrogens (tertiary/aromatic N) is 2. The standard InChI is InChI=1S/C9H13ClN2O2/c1-4-9(2,8(13)14)7-6(10)5-11-12(7)3/h5H,4H2,1-3H3,(H,13,14). The minimum Gasteiger partial charge on any atom is -0.481 e. The largest absolute Gasteiger partial charge is 0.481 e. The van der Waals surface area contributed by atoms with E-state index in [1.807, 2.05) is 6.92 Å². The van der Waals surface area contributed by atoms with E-state index in [9.17, 15) is 4.79 Å². The van der Waals surface area contributed by atoms with Crippen molar-refractivity contribution in [3.8, 4) is 0 Å². The first-order chi connectivity index (χ1) is 6.43. The third-order valence-corrected chi connectivity index (χ3v) is 2.87. The molecule has 0 radical (unpaired) electrons. The Hall–Kier alpha value is -1.03. The van der Waals surface area contributed by atoms with Crippen LogP contribution in [0.15, 0.2) is 6.20 Å². The smallest absolute Gasteiger partial charge is 0.315 e. The predicted octanol–water partition coefficient (Wildman–Crippen LogP) is 1.83. The van der Waals surface area contributed by atoms with Gasteiger partial charge in [0.15, 0.2) is 0 Å². The fourth-order valence-corrected chi connectivity index (χ4v) is 1.83. The van der Waals surface area contributed by atoms with Crippen LogP contribution in [0.4, 0.5) is 0 Å². The summed E-state index contributed by atoms with van der Waals surface area (Å²) in [5.74, 6) is -0.884. The number of carboxylic acids is 1. The Labute approximate surface area is 87.5 Å². The van der Waals surface area contributed by atoms with E-state index in [0.717, 1.165) is 0 Å². The van der Waals surface area contributed by atoms with Gasteiger partial charge in [0.05, 0.1) is 16.9 Å². The lowest BCUT2D eigenvalue weighted by molar-refractivity contribution is -0.143. The molecule has 0 bridgehead atoms. The van der Waals surface area contributed by atoms with Gasteiger partial charge in [-0.25, -0.2) is 0 Å². The lowest BCUT2D eigenvalue weighted by atomic mass is 9.84. The predicted molar refractivity (Wildman–Crippen MR) is 53.5 cm³/mol. The van der Waals surface area contributed by atoms with Crippen molar-refractivity contribution in [1.29, 1.82) is 0 Å². The molecule has 1 aromatic rings. The minimum atomic E-state index is -0.970. The first-order valence-corrected chi connectivity index (χ1v) is 4.72. The lowest BCUT2D eigenvalue weighted by Gasteiger charge is -2.23. The summed E-state index contributed by atoms with van der Waals surface area (Å²) < 4.78 is 1.51. The lowest BCUT2D eigenvalue weighted by Crippen LogP contribution is -2.34. The normalized spacial score (nSPS) is 15.1. The summed E-state index contributed by atoms with van der Waals surface area (Å²) in [6.45, 7) is 3.47. The molecule has 14 heavy (non-hydrogen) atoms. The van der Waals surface area contributed by atoms with Gasteiger partial charge in [-0.15, -0.1) is 0 Å². The van der Waals surface area contributed by atoms with E-state index < -0.39 is 11.4 Å². The summed E-state index contributed by atoms with van der Waals surface area (Å²) in [6, 6.07) is 0. The number of halogens is 1. The van der Waals surface area contributed by atoms with Crippen LogP contribution in [0.3, 0.4) is 0 Å². The summed E-state index contributed by atoms with van der Waals surface area (Å²) in [5, 5.41) is 13.5. The Balaban J connectivity index is 3.32. The zero-order valence-electron chi connectivity index (χ0n) is 8.41. The monoisotopic (exact) mass is 216 g/mol. The Morgan fingerprint density at radius 3 is 2.64 bits per heavy atom. The highest BCUT2D eigenvalue weighted by Crippen LogP contribution is 2.32. The third-order valence-electron chi connectivity index (χ3n) is 2.60. The van der Waals surface area contributed by atoms with E-state index in [-0.39, 0.29) is 0 Å². The molecule has 1 rings (SSSR count). The number of rotatable bonds is 3. The van der Waals surface area contributed by atoms with Crippen LogP contribution in [0.1, 0.15) is 26.0 Å². The van der Waals surface area contributed by atoms with Crippen LogP contribution in [0.25, 0.3) is 0 Å². The van der Waals surface area contributed by atoms with Crippen LogP contribution < -0.4 is 0 Å². The SMILES string of the molecule is CCC(C)(C(=O)O)c1c(Cl)cnn1C. The van der Waals surface area contributed by atoms with Gasteiger partial charge in [0, 0.05) is 7.05 Å². The molecule has 0 aliphatic carbocycles. The number of carbonyl (C=O) groups is 1. The maximum absolute atomic E-state index is 11.2. The summed E-state index contributed by atoms with van der Waals surface area (Å²) in [6.07, 6.45) is 1.94. The van der Waals surface area contributed by atoms with E-state index >= 15 is 0 Å². The molecular formula is C9H13ClN2O2. The van der Waals surface area contributed by atoms with Crippen molar-refractivity contribution in [3.05, 3.63) is 16.9 Å². The van der Waals surface area contributed by atoms with Crippen molar-refractivity contribution in [2.45, 2.75) is 25.7 Å². The van der Waals surface area contributed by atoms with Gasteiger partial charge < -0.3 is 5.11 Å². The summed E-state index contributed by atoms with van der Waals surface area (Å²) in [7, 11) is 1.69. The average Bonchev–Trinajstić information content (AvgIpc) is 2.45. The molecule has 0 aromatic carbocycles. The van der Waals surface area contributed by atoms with Gasteiger partial charge in [0.1, 0.15) is 5.41 Å². The molecular weight excluding hydrogens is 204 g/mol. The zero-order valence-corrected chi connectivity index (χ0v) is 9.17. The number of aliphatic carboxylic acids is 1. The Morgan fingerprint density at radius 1 is 1.79 bits per heavy atom. The minimum absolute atomic E-state index is 0.402. The molecule has 1 heterocycles. The number of aromatic nitrogens is 2. The topological polar surface area (TPSA) is 55.1 Å². The second-order valence-electron chi connectivity index (χ2n) is 3.46. The highest BCUT2D eigenvalue weighted by Gasteiger charge is 2.37. The Morgan fingerprint density at radius 2 is 2.36 bits per heavy atom. The molecule has 1 atom stereocenters. The van der Waals surface area contributed by atoms with Crippen molar-refractivity contribution < 1.29 is 9.90 Å². The molecule has 0 saturated heterocycles. The second kappa shape index (κ2) is 3.61. The molecule has 5 heteroatoms. The Kier molecular flexibility index (Phi) is 2.85. The first kappa shape index (κ1) is 11.0.